The van der Waals surface area contributed by atoms with Crippen molar-refractivity contribution in [3.05, 3.63) is 73.1 Å². The summed E-state index contributed by atoms with van der Waals surface area (Å²) >= 11 is 0. The fourth-order valence-electron chi connectivity index (χ4n) is 2.45. The Morgan fingerprint density at radius 2 is 1.67 bits per heavy atom. The normalized spacial score (nSPS) is 10.7. The third kappa shape index (κ3) is 2.65. The molecule has 6 heteroatoms. The summed E-state index contributed by atoms with van der Waals surface area (Å²) in [6.45, 7) is 0. The highest BCUT2D eigenvalue weighted by atomic mass is 19.1. The van der Waals surface area contributed by atoms with E-state index >= 15 is 0 Å². The van der Waals surface area contributed by atoms with Gasteiger partial charge in [-0.05, 0) is 30.3 Å². The Labute approximate surface area is 137 Å². The van der Waals surface area contributed by atoms with Crippen molar-refractivity contribution < 1.29 is 4.39 Å². The second kappa shape index (κ2) is 6.00. The molecule has 0 aliphatic rings. The quantitative estimate of drug-likeness (QED) is 0.619. The van der Waals surface area contributed by atoms with E-state index < -0.39 is 0 Å². The van der Waals surface area contributed by atoms with E-state index in [9.17, 15) is 4.39 Å². The molecule has 4 rings (SSSR count). The van der Waals surface area contributed by atoms with Crippen LogP contribution in [0.1, 0.15) is 0 Å². The Morgan fingerprint density at radius 1 is 0.875 bits per heavy atom. The van der Waals surface area contributed by atoms with Gasteiger partial charge in [0.1, 0.15) is 11.3 Å². The van der Waals surface area contributed by atoms with Gasteiger partial charge in [-0.15, -0.1) is 0 Å². The molecule has 0 aliphatic heterocycles. The highest BCUT2D eigenvalue weighted by molar-refractivity contribution is 5.90. The fraction of sp³-hybridized carbons (Fsp3) is 0. The number of rotatable bonds is 3. The number of halogens is 1. The maximum atomic E-state index is 14.1. The van der Waals surface area contributed by atoms with Gasteiger partial charge in [0.15, 0.2) is 5.65 Å². The van der Waals surface area contributed by atoms with E-state index in [1.807, 2.05) is 12.1 Å². The first kappa shape index (κ1) is 14.2. The maximum absolute atomic E-state index is 14.1. The number of benzene rings is 1. The van der Waals surface area contributed by atoms with Crippen LogP contribution < -0.4 is 5.32 Å². The topological polar surface area (TPSA) is 63.6 Å². The zero-order valence-electron chi connectivity index (χ0n) is 12.5. The first-order chi connectivity index (χ1) is 11.8. The second-order valence-corrected chi connectivity index (χ2v) is 5.12. The van der Waals surface area contributed by atoms with E-state index in [1.165, 1.54) is 6.07 Å². The van der Waals surface area contributed by atoms with Gasteiger partial charge in [0.25, 0.3) is 0 Å². The SMILES string of the molecule is Fc1ccccc1-c1cc(Nc2ccncc2)c2nccnc2n1. The van der Waals surface area contributed by atoms with Gasteiger partial charge in [0, 0.05) is 36.0 Å². The summed E-state index contributed by atoms with van der Waals surface area (Å²) in [4.78, 5) is 17.0. The van der Waals surface area contributed by atoms with Crippen LogP contribution in [0.15, 0.2) is 67.3 Å². The lowest BCUT2D eigenvalue weighted by Gasteiger charge is -2.11. The molecule has 0 bridgehead atoms. The first-order valence-corrected chi connectivity index (χ1v) is 7.35. The third-order valence-corrected chi connectivity index (χ3v) is 3.55. The van der Waals surface area contributed by atoms with Crippen molar-refractivity contribution >= 4 is 22.5 Å². The van der Waals surface area contributed by atoms with Crippen molar-refractivity contribution in [3.8, 4) is 11.3 Å². The minimum atomic E-state index is -0.330. The molecule has 116 valence electrons. The predicted molar refractivity (Wildman–Crippen MR) is 90.2 cm³/mol. The third-order valence-electron chi connectivity index (χ3n) is 3.55. The van der Waals surface area contributed by atoms with Gasteiger partial charge < -0.3 is 5.32 Å². The van der Waals surface area contributed by atoms with E-state index in [0.29, 0.717) is 28.1 Å². The molecule has 3 aromatic heterocycles. The molecule has 0 spiro atoms. The largest absolute Gasteiger partial charge is 0.353 e. The number of nitrogens with zero attached hydrogens (tertiary/aromatic N) is 4. The lowest BCUT2D eigenvalue weighted by Crippen LogP contribution is -1.98. The Balaban J connectivity index is 1.90. The van der Waals surface area contributed by atoms with Gasteiger partial charge in [0.2, 0.25) is 0 Å². The number of nitrogens with one attached hydrogen (secondary N) is 1. The number of hydrogen-bond acceptors (Lipinski definition) is 5. The summed E-state index contributed by atoms with van der Waals surface area (Å²) in [5, 5.41) is 3.27. The van der Waals surface area contributed by atoms with Crippen molar-refractivity contribution in [2.24, 2.45) is 0 Å². The summed E-state index contributed by atoms with van der Waals surface area (Å²) in [5.74, 6) is -0.330. The molecule has 0 fully saturated rings. The lowest BCUT2D eigenvalue weighted by atomic mass is 10.1. The van der Waals surface area contributed by atoms with Gasteiger partial charge in [0.05, 0.1) is 11.4 Å². The van der Waals surface area contributed by atoms with Crippen molar-refractivity contribution in [2.45, 2.75) is 0 Å². The van der Waals surface area contributed by atoms with Crippen molar-refractivity contribution in [3.63, 3.8) is 0 Å². The van der Waals surface area contributed by atoms with Gasteiger partial charge in [-0.3, -0.25) is 4.98 Å². The molecule has 0 saturated heterocycles. The molecule has 1 aromatic carbocycles. The summed E-state index contributed by atoms with van der Waals surface area (Å²) in [7, 11) is 0. The number of pyridine rings is 2. The monoisotopic (exact) mass is 317 g/mol. The van der Waals surface area contributed by atoms with E-state index in [-0.39, 0.29) is 5.82 Å². The molecule has 0 atom stereocenters. The smallest absolute Gasteiger partial charge is 0.180 e. The standard InChI is InChI=1S/C18H12FN5/c19-14-4-2-1-3-13(14)15-11-16(23-12-5-7-20-8-6-12)17-18(24-15)22-10-9-21-17/h1-11H,(H,20,22,23,24). The summed E-state index contributed by atoms with van der Waals surface area (Å²) < 4.78 is 14.1. The number of aromatic nitrogens is 4. The Hall–Kier alpha value is -3.41. The number of hydrogen-bond donors (Lipinski definition) is 1. The van der Waals surface area contributed by atoms with Crippen LogP contribution in [0.2, 0.25) is 0 Å². The lowest BCUT2D eigenvalue weighted by molar-refractivity contribution is 0.631. The molecule has 5 nitrogen and oxygen atoms in total. The van der Waals surface area contributed by atoms with Crippen LogP contribution in [0, 0.1) is 5.82 Å². The molecule has 24 heavy (non-hydrogen) atoms. The van der Waals surface area contributed by atoms with Crippen molar-refractivity contribution in [1.29, 1.82) is 0 Å². The van der Waals surface area contributed by atoms with Crippen LogP contribution >= 0.6 is 0 Å². The molecule has 1 N–H and O–H groups in total. The van der Waals surface area contributed by atoms with E-state index in [0.717, 1.165) is 5.69 Å². The van der Waals surface area contributed by atoms with Gasteiger partial charge in [-0.1, -0.05) is 12.1 Å². The molecule has 3 heterocycles. The minimum Gasteiger partial charge on any atom is -0.353 e. The molecule has 0 unspecified atom stereocenters. The molecule has 0 amide bonds. The minimum absolute atomic E-state index is 0.330. The van der Waals surface area contributed by atoms with Gasteiger partial charge in [-0.25, -0.2) is 19.3 Å². The predicted octanol–water partition coefficient (Wildman–Crippen LogP) is 3.97. The average Bonchev–Trinajstić information content (AvgIpc) is 2.63. The van der Waals surface area contributed by atoms with E-state index in [2.05, 4.69) is 25.3 Å². The molecule has 0 aliphatic carbocycles. The highest BCUT2D eigenvalue weighted by Gasteiger charge is 2.12. The van der Waals surface area contributed by atoms with Crippen LogP contribution in [-0.2, 0) is 0 Å². The second-order valence-electron chi connectivity index (χ2n) is 5.12. The van der Waals surface area contributed by atoms with Gasteiger partial charge in [-0.2, -0.15) is 0 Å². The number of anilines is 2. The first-order valence-electron chi connectivity index (χ1n) is 7.35. The summed E-state index contributed by atoms with van der Waals surface area (Å²) in [6.07, 6.45) is 6.55. The zero-order valence-corrected chi connectivity index (χ0v) is 12.5. The zero-order chi connectivity index (χ0) is 16.4. The van der Waals surface area contributed by atoms with Crippen LogP contribution in [0.3, 0.4) is 0 Å². The maximum Gasteiger partial charge on any atom is 0.180 e. The summed E-state index contributed by atoms with van der Waals surface area (Å²) in [6, 6.07) is 12.0. The average molecular weight is 317 g/mol. The Kier molecular flexibility index (Phi) is 3.55. The molecule has 4 aromatic rings. The molecule has 0 radical (unpaired) electrons. The van der Waals surface area contributed by atoms with E-state index in [4.69, 9.17) is 0 Å². The highest BCUT2D eigenvalue weighted by Crippen LogP contribution is 2.29. The van der Waals surface area contributed by atoms with Crippen LogP contribution in [0.4, 0.5) is 15.8 Å². The summed E-state index contributed by atoms with van der Waals surface area (Å²) in [5.41, 5.74) is 3.55. The van der Waals surface area contributed by atoms with Gasteiger partial charge >= 0.3 is 0 Å². The molecule has 0 saturated carbocycles. The molecular formula is C18H12FN5. The Morgan fingerprint density at radius 3 is 2.50 bits per heavy atom. The van der Waals surface area contributed by atoms with Crippen LogP contribution in [-0.4, -0.2) is 19.9 Å². The molecular weight excluding hydrogens is 305 g/mol. The van der Waals surface area contributed by atoms with Crippen molar-refractivity contribution in [1.82, 2.24) is 19.9 Å². The Bertz CT molecular complexity index is 1000. The fourth-order valence-corrected chi connectivity index (χ4v) is 2.45. The van der Waals surface area contributed by atoms with Crippen molar-refractivity contribution in [2.75, 3.05) is 5.32 Å². The number of fused-ring (bicyclic) bond motifs is 1. The van der Waals surface area contributed by atoms with Crippen LogP contribution in [0.25, 0.3) is 22.4 Å². The van der Waals surface area contributed by atoms with Crippen LogP contribution in [0.5, 0.6) is 0 Å². The van der Waals surface area contributed by atoms with E-state index in [1.54, 1.807) is 49.1 Å².